The molecule has 1 aliphatic carbocycles. The molecule has 14 heavy (non-hydrogen) atoms. The van der Waals surface area contributed by atoms with Crippen LogP contribution in [0.3, 0.4) is 0 Å². The Kier molecular flexibility index (Phi) is 4.24. The van der Waals surface area contributed by atoms with Crippen molar-refractivity contribution in [2.75, 3.05) is 12.4 Å². The lowest BCUT2D eigenvalue weighted by atomic mass is 10.0. The van der Waals surface area contributed by atoms with Gasteiger partial charge >= 0.3 is 0 Å². The summed E-state index contributed by atoms with van der Waals surface area (Å²) in [6.45, 7) is 4.95. The first-order chi connectivity index (χ1) is 6.58. The Hall–Kier alpha value is -0.240. The SMILES string of the molecule is CC(C)CC(=O)NCC1(CCCl)CC1. The van der Waals surface area contributed by atoms with E-state index in [0.29, 0.717) is 23.6 Å². The molecule has 0 atom stereocenters. The molecule has 0 spiro atoms. The summed E-state index contributed by atoms with van der Waals surface area (Å²) in [5.41, 5.74) is 0.356. The normalized spacial score (nSPS) is 18.3. The van der Waals surface area contributed by atoms with Crippen molar-refractivity contribution in [2.45, 2.75) is 39.5 Å². The zero-order valence-electron chi connectivity index (χ0n) is 9.11. The standard InChI is InChI=1S/C11H20ClNO/c1-9(2)7-10(14)13-8-11(3-4-11)5-6-12/h9H,3-8H2,1-2H3,(H,13,14). The molecule has 82 valence electrons. The van der Waals surface area contributed by atoms with Crippen molar-refractivity contribution in [2.24, 2.45) is 11.3 Å². The second kappa shape index (κ2) is 5.01. The summed E-state index contributed by atoms with van der Waals surface area (Å²) in [4.78, 5) is 11.4. The third kappa shape index (κ3) is 3.87. The van der Waals surface area contributed by atoms with E-state index in [0.717, 1.165) is 13.0 Å². The number of nitrogens with one attached hydrogen (secondary N) is 1. The highest BCUT2D eigenvalue weighted by atomic mass is 35.5. The van der Waals surface area contributed by atoms with Crippen molar-refractivity contribution in [1.82, 2.24) is 5.32 Å². The Labute approximate surface area is 91.4 Å². The van der Waals surface area contributed by atoms with Gasteiger partial charge in [0.1, 0.15) is 0 Å². The lowest BCUT2D eigenvalue weighted by Gasteiger charge is -2.14. The Balaban J connectivity index is 2.17. The van der Waals surface area contributed by atoms with Gasteiger partial charge in [0.25, 0.3) is 0 Å². The first-order valence-corrected chi connectivity index (χ1v) is 5.94. The van der Waals surface area contributed by atoms with E-state index in [1.807, 2.05) is 0 Å². The van der Waals surface area contributed by atoms with E-state index in [1.165, 1.54) is 12.8 Å². The predicted molar refractivity (Wildman–Crippen MR) is 59.5 cm³/mol. The predicted octanol–water partition coefficient (Wildman–Crippen LogP) is 2.56. The molecule has 2 nitrogen and oxygen atoms in total. The maximum atomic E-state index is 11.4. The van der Waals surface area contributed by atoms with Crippen LogP contribution in [0.2, 0.25) is 0 Å². The van der Waals surface area contributed by atoms with Gasteiger partial charge in [0, 0.05) is 18.8 Å². The number of hydrogen-bond acceptors (Lipinski definition) is 1. The van der Waals surface area contributed by atoms with Gasteiger partial charge in [0.2, 0.25) is 5.91 Å². The van der Waals surface area contributed by atoms with Gasteiger partial charge in [-0.2, -0.15) is 0 Å². The topological polar surface area (TPSA) is 29.1 Å². The van der Waals surface area contributed by atoms with Crippen molar-refractivity contribution in [3.63, 3.8) is 0 Å². The van der Waals surface area contributed by atoms with E-state index in [9.17, 15) is 4.79 Å². The molecule has 0 aromatic heterocycles. The summed E-state index contributed by atoms with van der Waals surface area (Å²) in [6.07, 6.45) is 4.12. The van der Waals surface area contributed by atoms with Gasteiger partial charge in [-0.15, -0.1) is 11.6 Å². The number of hydrogen-bond donors (Lipinski definition) is 1. The van der Waals surface area contributed by atoms with E-state index in [-0.39, 0.29) is 5.91 Å². The molecule has 1 aliphatic rings. The van der Waals surface area contributed by atoms with Gasteiger partial charge in [0.15, 0.2) is 0 Å². The highest BCUT2D eigenvalue weighted by molar-refractivity contribution is 6.17. The summed E-state index contributed by atoms with van der Waals surface area (Å²) in [5, 5.41) is 3.00. The fourth-order valence-electron chi connectivity index (χ4n) is 1.62. The van der Waals surface area contributed by atoms with Crippen LogP contribution >= 0.6 is 11.6 Å². The van der Waals surface area contributed by atoms with Crippen LogP contribution in [0.1, 0.15) is 39.5 Å². The highest BCUT2D eigenvalue weighted by Gasteiger charge is 2.41. The largest absolute Gasteiger partial charge is 0.356 e. The first kappa shape index (κ1) is 11.8. The molecular weight excluding hydrogens is 198 g/mol. The second-order valence-electron chi connectivity index (χ2n) is 4.81. The van der Waals surface area contributed by atoms with E-state index in [2.05, 4.69) is 19.2 Å². The Morgan fingerprint density at radius 3 is 2.57 bits per heavy atom. The molecule has 0 aliphatic heterocycles. The summed E-state index contributed by atoms with van der Waals surface area (Å²) in [5.74, 6) is 1.33. The Bertz CT molecular complexity index is 199. The number of alkyl halides is 1. The Morgan fingerprint density at radius 1 is 1.50 bits per heavy atom. The average Bonchev–Trinajstić information content (AvgIpc) is 2.82. The van der Waals surface area contributed by atoms with Crippen LogP contribution in [0.15, 0.2) is 0 Å². The molecule has 1 fully saturated rings. The fraction of sp³-hybridized carbons (Fsp3) is 0.909. The smallest absolute Gasteiger partial charge is 0.220 e. The number of amides is 1. The molecule has 1 rings (SSSR count). The van der Waals surface area contributed by atoms with Crippen molar-refractivity contribution in [1.29, 1.82) is 0 Å². The molecule has 0 bridgehead atoms. The molecule has 0 saturated heterocycles. The van der Waals surface area contributed by atoms with Crippen LogP contribution in [0.25, 0.3) is 0 Å². The number of halogens is 1. The maximum absolute atomic E-state index is 11.4. The number of rotatable bonds is 6. The number of carbonyl (C=O) groups is 1. The Morgan fingerprint density at radius 2 is 2.14 bits per heavy atom. The quantitative estimate of drug-likeness (QED) is 0.681. The minimum absolute atomic E-state index is 0.181. The molecule has 0 aromatic carbocycles. The van der Waals surface area contributed by atoms with Crippen LogP contribution in [0.4, 0.5) is 0 Å². The molecule has 3 heteroatoms. The second-order valence-corrected chi connectivity index (χ2v) is 5.19. The molecule has 0 heterocycles. The summed E-state index contributed by atoms with van der Waals surface area (Å²) < 4.78 is 0. The van der Waals surface area contributed by atoms with E-state index in [4.69, 9.17) is 11.6 Å². The van der Waals surface area contributed by atoms with E-state index in [1.54, 1.807) is 0 Å². The average molecular weight is 218 g/mol. The molecule has 1 amide bonds. The minimum Gasteiger partial charge on any atom is -0.356 e. The van der Waals surface area contributed by atoms with Crippen LogP contribution < -0.4 is 5.32 Å². The van der Waals surface area contributed by atoms with Crippen molar-refractivity contribution < 1.29 is 4.79 Å². The third-order valence-electron chi connectivity index (χ3n) is 2.84. The molecular formula is C11H20ClNO. The third-order valence-corrected chi connectivity index (χ3v) is 3.03. The zero-order valence-corrected chi connectivity index (χ0v) is 9.86. The van der Waals surface area contributed by atoms with Crippen LogP contribution in [-0.4, -0.2) is 18.3 Å². The van der Waals surface area contributed by atoms with Gasteiger partial charge in [-0.25, -0.2) is 0 Å². The maximum Gasteiger partial charge on any atom is 0.220 e. The van der Waals surface area contributed by atoms with Crippen LogP contribution in [0.5, 0.6) is 0 Å². The van der Waals surface area contributed by atoms with Crippen molar-refractivity contribution >= 4 is 17.5 Å². The number of carbonyl (C=O) groups excluding carboxylic acids is 1. The zero-order chi connectivity index (χ0) is 10.6. The van der Waals surface area contributed by atoms with Crippen LogP contribution in [0, 0.1) is 11.3 Å². The lowest BCUT2D eigenvalue weighted by molar-refractivity contribution is -0.122. The fourth-order valence-corrected chi connectivity index (χ4v) is 2.02. The van der Waals surface area contributed by atoms with E-state index < -0.39 is 0 Å². The summed E-state index contributed by atoms with van der Waals surface area (Å²) >= 11 is 5.71. The van der Waals surface area contributed by atoms with Gasteiger partial charge in [0.05, 0.1) is 0 Å². The van der Waals surface area contributed by atoms with Crippen molar-refractivity contribution in [3.05, 3.63) is 0 Å². The van der Waals surface area contributed by atoms with Gasteiger partial charge in [-0.1, -0.05) is 13.8 Å². The summed E-state index contributed by atoms with van der Waals surface area (Å²) in [6, 6.07) is 0. The molecule has 1 N–H and O–H groups in total. The molecule has 0 aromatic rings. The minimum atomic E-state index is 0.181. The molecule has 1 saturated carbocycles. The highest BCUT2D eigenvalue weighted by Crippen LogP contribution is 2.48. The van der Waals surface area contributed by atoms with Gasteiger partial charge in [-0.3, -0.25) is 4.79 Å². The lowest BCUT2D eigenvalue weighted by Crippen LogP contribution is -2.31. The monoisotopic (exact) mass is 217 g/mol. The van der Waals surface area contributed by atoms with Gasteiger partial charge in [-0.05, 0) is 30.6 Å². The first-order valence-electron chi connectivity index (χ1n) is 5.41. The van der Waals surface area contributed by atoms with E-state index >= 15 is 0 Å². The van der Waals surface area contributed by atoms with Gasteiger partial charge < -0.3 is 5.32 Å². The molecule has 0 radical (unpaired) electrons. The van der Waals surface area contributed by atoms with Crippen molar-refractivity contribution in [3.8, 4) is 0 Å². The molecule has 0 unspecified atom stereocenters. The van der Waals surface area contributed by atoms with Crippen LogP contribution in [-0.2, 0) is 4.79 Å². The summed E-state index contributed by atoms with van der Waals surface area (Å²) in [7, 11) is 0.